The zero-order valence-electron chi connectivity index (χ0n) is 34.4. The molecule has 0 amide bonds. The van der Waals surface area contributed by atoms with E-state index >= 15 is 0 Å². The summed E-state index contributed by atoms with van der Waals surface area (Å²) >= 11 is 0. The third-order valence-electron chi connectivity index (χ3n) is 9.97. The summed E-state index contributed by atoms with van der Waals surface area (Å²) in [5, 5.41) is 0. The van der Waals surface area contributed by atoms with Gasteiger partial charge in [-0.3, -0.25) is 0 Å². The number of hydrogen-bond donors (Lipinski definition) is 0. The topological polar surface area (TPSA) is 27.7 Å². The van der Waals surface area contributed by atoms with E-state index in [-0.39, 0.29) is 38.6 Å². The Morgan fingerprint density at radius 1 is 0.469 bits per heavy atom. The molecule has 3 nitrogen and oxygen atoms in total. The van der Waals surface area contributed by atoms with Crippen molar-refractivity contribution in [2.75, 3.05) is 6.61 Å². The van der Waals surface area contributed by atoms with E-state index in [2.05, 4.69) is 179 Å². The molecule has 0 aliphatic heterocycles. The Kier molecular flexibility index (Phi) is 10.1. The lowest BCUT2D eigenvalue weighted by Gasteiger charge is -2.31. The molecule has 4 rings (SSSR count). The highest BCUT2D eigenvalue weighted by atomic mass is 16.6. The van der Waals surface area contributed by atoms with E-state index < -0.39 is 5.60 Å². The van der Waals surface area contributed by atoms with Gasteiger partial charge in [-0.05, 0) is 84.1 Å². The summed E-state index contributed by atoms with van der Waals surface area (Å²) in [4.78, 5) is 0. The lowest BCUT2D eigenvalue weighted by molar-refractivity contribution is 0.0663. The van der Waals surface area contributed by atoms with Crippen molar-refractivity contribution in [1.29, 1.82) is 0 Å². The SMILES string of the molecule is CC(C)(C)c1ccc(OC[C@]2(Oc3ccc(C(C)(C)C)cc3C(C)(C)C)CC2Oc2ccc(C(C)(C)C)cc2C(C)(C)C)c(C(C)(C)C)c1. The molecular weight excluding hydrogens is 601 g/mol. The van der Waals surface area contributed by atoms with E-state index in [9.17, 15) is 0 Å². The number of hydrogen-bond acceptors (Lipinski definition) is 3. The van der Waals surface area contributed by atoms with Crippen molar-refractivity contribution in [2.45, 2.75) is 175 Å². The lowest BCUT2D eigenvalue weighted by Crippen LogP contribution is -2.35. The summed E-state index contributed by atoms with van der Waals surface area (Å²) in [5.41, 5.74) is 6.81. The largest absolute Gasteiger partial charge is 0.489 e. The quantitative estimate of drug-likeness (QED) is 0.251. The average molecular weight is 669 g/mol. The third-order valence-corrected chi connectivity index (χ3v) is 9.97. The molecule has 0 saturated heterocycles. The summed E-state index contributed by atoms with van der Waals surface area (Å²) in [5.74, 6) is 2.76. The lowest BCUT2D eigenvalue weighted by atomic mass is 9.80. The van der Waals surface area contributed by atoms with Crippen LogP contribution < -0.4 is 14.2 Å². The molecule has 3 aromatic rings. The predicted octanol–water partition coefficient (Wildman–Crippen LogP) is 12.5. The van der Waals surface area contributed by atoms with Crippen molar-refractivity contribution < 1.29 is 14.2 Å². The van der Waals surface area contributed by atoms with Gasteiger partial charge >= 0.3 is 0 Å². The molecule has 3 aromatic carbocycles. The zero-order valence-corrected chi connectivity index (χ0v) is 34.4. The molecule has 0 spiro atoms. The van der Waals surface area contributed by atoms with E-state index in [0.717, 1.165) is 23.7 Å². The van der Waals surface area contributed by atoms with Gasteiger partial charge in [-0.1, -0.05) is 161 Å². The smallest absolute Gasteiger partial charge is 0.183 e. The molecular formula is C46H68O3. The van der Waals surface area contributed by atoms with Crippen LogP contribution in [-0.2, 0) is 32.5 Å². The Labute approximate surface area is 300 Å². The zero-order chi connectivity index (χ0) is 37.2. The maximum atomic E-state index is 7.20. The second kappa shape index (κ2) is 12.7. The Morgan fingerprint density at radius 2 is 0.816 bits per heavy atom. The molecule has 1 fully saturated rings. The van der Waals surface area contributed by atoms with Crippen molar-refractivity contribution in [1.82, 2.24) is 0 Å². The van der Waals surface area contributed by atoms with E-state index in [1.807, 2.05) is 0 Å². The van der Waals surface area contributed by atoms with Crippen molar-refractivity contribution in [3.8, 4) is 17.2 Å². The first-order valence-corrected chi connectivity index (χ1v) is 18.5. The van der Waals surface area contributed by atoms with Crippen LogP contribution in [0, 0.1) is 0 Å². The van der Waals surface area contributed by atoms with E-state index in [4.69, 9.17) is 14.2 Å². The summed E-state index contributed by atoms with van der Waals surface area (Å²) in [6.07, 6.45) is 0.587. The summed E-state index contributed by atoms with van der Waals surface area (Å²) < 4.78 is 21.0. The monoisotopic (exact) mass is 669 g/mol. The maximum Gasteiger partial charge on any atom is 0.183 e. The Balaban J connectivity index is 1.78. The van der Waals surface area contributed by atoms with Crippen LogP contribution in [-0.4, -0.2) is 18.3 Å². The first-order valence-electron chi connectivity index (χ1n) is 18.5. The average Bonchev–Trinajstić information content (AvgIpc) is 3.59. The molecule has 0 bridgehead atoms. The minimum atomic E-state index is -0.640. The van der Waals surface area contributed by atoms with Crippen LogP contribution in [0.1, 0.15) is 164 Å². The van der Waals surface area contributed by atoms with Crippen LogP contribution in [0.3, 0.4) is 0 Å². The Bertz CT molecular complexity index is 1630. The van der Waals surface area contributed by atoms with E-state index in [1.54, 1.807) is 0 Å². The second-order valence-electron chi connectivity index (χ2n) is 20.9. The van der Waals surface area contributed by atoms with Crippen molar-refractivity contribution in [3.63, 3.8) is 0 Å². The van der Waals surface area contributed by atoms with Gasteiger partial charge in [0.1, 0.15) is 30.0 Å². The van der Waals surface area contributed by atoms with Gasteiger partial charge in [0.05, 0.1) is 0 Å². The minimum absolute atomic E-state index is 0.0374. The van der Waals surface area contributed by atoms with Gasteiger partial charge in [0.2, 0.25) is 0 Å². The molecule has 0 aromatic heterocycles. The van der Waals surface area contributed by atoms with Crippen LogP contribution in [0.2, 0.25) is 0 Å². The number of benzene rings is 3. The first-order chi connectivity index (χ1) is 22.0. The minimum Gasteiger partial charge on any atom is -0.489 e. The molecule has 49 heavy (non-hydrogen) atoms. The summed E-state index contributed by atoms with van der Waals surface area (Å²) in [7, 11) is 0. The molecule has 270 valence electrons. The van der Waals surface area contributed by atoms with Crippen LogP contribution in [0.15, 0.2) is 54.6 Å². The van der Waals surface area contributed by atoms with Gasteiger partial charge in [0, 0.05) is 6.42 Å². The highest BCUT2D eigenvalue weighted by Crippen LogP contribution is 2.49. The molecule has 3 heteroatoms. The fourth-order valence-electron chi connectivity index (χ4n) is 6.33. The van der Waals surface area contributed by atoms with Gasteiger partial charge in [0.15, 0.2) is 5.60 Å². The fraction of sp³-hybridized carbons (Fsp3) is 0.609. The summed E-state index contributed by atoms with van der Waals surface area (Å²) in [6.45, 7) is 41.2. The highest BCUT2D eigenvalue weighted by molar-refractivity contribution is 5.47. The third kappa shape index (κ3) is 9.05. The maximum absolute atomic E-state index is 7.20. The normalized spacial score (nSPS) is 19.1. The standard InChI is InChI=1S/C46H68O3/c1-40(2,3)30-19-22-36(33(25-30)43(10,11)12)47-29-46(49-38-24-21-32(42(7,8)9)27-35(38)45(16,17)18)28-39(46)48-37-23-20-31(41(4,5)6)26-34(37)44(13,14)15/h19-27,39H,28-29H2,1-18H3/t39?,46-/m1/s1. The van der Waals surface area contributed by atoms with Crippen molar-refractivity contribution >= 4 is 0 Å². The Hall–Kier alpha value is -2.94. The fourth-order valence-corrected chi connectivity index (χ4v) is 6.33. The Morgan fingerprint density at radius 3 is 1.20 bits per heavy atom. The van der Waals surface area contributed by atoms with Gasteiger partial charge in [-0.2, -0.15) is 0 Å². The van der Waals surface area contributed by atoms with Gasteiger partial charge < -0.3 is 14.2 Å². The van der Waals surface area contributed by atoms with Crippen LogP contribution >= 0.6 is 0 Å². The first kappa shape index (κ1) is 38.9. The second-order valence-corrected chi connectivity index (χ2v) is 20.9. The van der Waals surface area contributed by atoms with Crippen molar-refractivity contribution in [2.24, 2.45) is 0 Å². The highest BCUT2D eigenvalue weighted by Gasteiger charge is 2.61. The van der Waals surface area contributed by atoms with Crippen LogP contribution in [0.5, 0.6) is 17.2 Å². The number of rotatable bonds is 7. The van der Waals surface area contributed by atoms with Gasteiger partial charge in [0.25, 0.3) is 0 Å². The van der Waals surface area contributed by atoms with Crippen LogP contribution in [0.25, 0.3) is 0 Å². The molecule has 1 aliphatic carbocycles. The van der Waals surface area contributed by atoms with E-state index in [0.29, 0.717) is 6.61 Å². The van der Waals surface area contributed by atoms with Crippen molar-refractivity contribution in [3.05, 3.63) is 88.0 Å². The molecule has 1 saturated carbocycles. The summed E-state index contributed by atoms with van der Waals surface area (Å²) in [6, 6.07) is 20.2. The van der Waals surface area contributed by atoms with Gasteiger partial charge in [-0.15, -0.1) is 0 Å². The molecule has 0 N–H and O–H groups in total. The molecule has 1 aliphatic rings. The van der Waals surface area contributed by atoms with Crippen LogP contribution in [0.4, 0.5) is 0 Å². The molecule has 0 radical (unpaired) electrons. The molecule has 2 atom stereocenters. The molecule has 0 heterocycles. The predicted molar refractivity (Wildman–Crippen MR) is 209 cm³/mol. The van der Waals surface area contributed by atoms with E-state index in [1.165, 1.54) is 33.4 Å². The van der Waals surface area contributed by atoms with Gasteiger partial charge in [-0.25, -0.2) is 0 Å². The molecule has 1 unspecified atom stereocenters. The number of ether oxygens (including phenoxy) is 3.